The van der Waals surface area contributed by atoms with E-state index in [0.717, 1.165) is 33.8 Å². The quantitative estimate of drug-likeness (QED) is 0.344. The zero-order chi connectivity index (χ0) is 24.5. The first-order valence-electron chi connectivity index (χ1n) is 11.1. The van der Waals surface area contributed by atoms with Gasteiger partial charge in [-0.15, -0.1) is 0 Å². The van der Waals surface area contributed by atoms with E-state index in [-0.39, 0.29) is 11.9 Å². The van der Waals surface area contributed by atoms with Gasteiger partial charge in [0.25, 0.3) is 5.89 Å². The van der Waals surface area contributed by atoms with Gasteiger partial charge in [-0.25, -0.2) is 4.39 Å². The number of hydrogen-bond donors (Lipinski definition) is 1. The van der Waals surface area contributed by atoms with Crippen LogP contribution in [0.25, 0.3) is 17.0 Å². The smallest absolute Gasteiger partial charge is 0.258 e. The summed E-state index contributed by atoms with van der Waals surface area (Å²) in [5.41, 5.74) is 5.35. The fourth-order valence-electron chi connectivity index (χ4n) is 4.19. The van der Waals surface area contributed by atoms with Gasteiger partial charge in [0.1, 0.15) is 11.6 Å². The van der Waals surface area contributed by atoms with E-state index in [1.54, 1.807) is 19.2 Å². The summed E-state index contributed by atoms with van der Waals surface area (Å²) in [6, 6.07) is 21.5. The second kappa shape index (κ2) is 9.31. The zero-order valence-electron chi connectivity index (χ0n) is 19.4. The molecule has 4 aromatic rings. The number of ether oxygens (including phenoxy) is 1. The number of aryl methyl sites for hydroxylation is 1. The lowest BCUT2D eigenvalue weighted by atomic mass is 9.94. The number of methoxy groups -OCH3 is 1. The van der Waals surface area contributed by atoms with E-state index in [0.29, 0.717) is 22.4 Å². The van der Waals surface area contributed by atoms with Gasteiger partial charge in [0, 0.05) is 16.9 Å². The first kappa shape index (κ1) is 22.7. The van der Waals surface area contributed by atoms with Crippen LogP contribution < -0.4 is 15.0 Å². The monoisotopic (exact) mass is 486 g/mol. The van der Waals surface area contributed by atoms with Gasteiger partial charge in [-0.05, 0) is 85.7 Å². The van der Waals surface area contributed by atoms with Crippen LogP contribution in [0.1, 0.15) is 30.0 Å². The highest BCUT2D eigenvalue weighted by molar-refractivity contribution is 7.80. The van der Waals surface area contributed by atoms with Crippen LogP contribution >= 0.6 is 12.2 Å². The molecule has 3 aromatic carbocycles. The molecule has 1 atom stereocenters. The largest absolute Gasteiger partial charge is 0.497 e. The molecule has 1 unspecified atom stereocenters. The van der Waals surface area contributed by atoms with Gasteiger partial charge in [-0.3, -0.25) is 4.90 Å². The Balaban J connectivity index is 1.64. The number of nitrogens with zero attached hydrogens (tertiary/aromatic N) is 3. The Morgan fingerprint density at radius 2 is 1.77 bits per heavy atom. The molecule has 0 radical (unpaired) electrons. The normalized spacial score (nSPS) is 15.8. The number of hydrogen-bond acceptors (Lipinski definition) is 5. The number of halogens is 1. The van der Waals surface area contributed by atoms with E-state index < -0.39 is 0 Å². The number of anilines is 1. The maximum absolute atomic E-state index is 13.4. The van der Waals surface area contributed by atoms with E-state index in [2.05, 4.69) is 21.5 Å². The van der Waals surface area contributed by atoms with Gasteiger partial charge in [0.2, 0.25) is 5.82 Å². The zero-order valence-corrected chi connectivity index (χ0v) is 20.3. The molecule has 0 amide bonds. The van der Waals surface area contributed by atoms with E-state index in [1.807, 2.05) is 61.2 Å². The molecule has 1 aliphatic heterocycles. The minimum atomic E-state index is -0.325. The fourth-order valence-corrected chi connectivity index (χ4v) is 4.55. The lowest BCUT2D eigenvalue weighted by molar-refractivity contribution is 0.404. The second-order valence-electron chi connectivity index (χ2n) is 8.26. The third-order valence-corrected chi connectivity index (χ3v) is 6.25. The van der Waals surface area contributed by atoms with Crippen LogP contribution in [0, 0.1) is 12.7 Å². The number of allylic oxidation sites excluding steroid dienone is 1. The third-order valence-electron chi connectivity index (χ3n) is 5.95. The van der Waals surface area contributed by atoms with Crippen molar-refractivity contribution in [2.45, 2.75) is 19.9 Å². The molecule has 35 heavy (non-hydrogen) atoms. The molecule has 0 aliphatic carbocycles. The van der Waals surface area contributed by atoms with E-state index >= 15 is 0 Å². The molecule has 8 heteroatoms. The summed E-state index contributed by atoms with van der Waals surface area (Å²) in [7, 11) is 1.63. The molecule has 0 saturated carbocycles. The topological polar surface area (TPSA) is 63.4 Å². The average molecular weight is 487 g/mol. The summed E-state index contributed by atoms with van der Waals surface area (Å²) in [6.07, 6.45) is 0. The number of rotatable bonds is 5. The predicted molar refractivity (Wildman–Crippen MR) is 137 cm³/mol. The van der Waals surface area contributed by atoms with Crippen LogP contribution in [0.4, 0.5) is 10.1 Å². The lowest BCUT2D eigenvalue weighted by Crippen LogP contribution is -2.46. The van der Waals surface area contributed by atoms with E-state index in [9.17, 15) is 4.39 Å². The van der Waals surface area contributed by atoms with Crippen LogP contribution in [0.3, 0.4) is 0 Å². The molecule has 1 aromatic heterocycles. The fraction of sp³-hybridized carbons (Fsp3) is 0.148. The highest BCUT2D eigenvalue weighted by Crippen LogP contribution is 2.39. The Labute approximate surface area is 208 Å². The van der Waals surface area contributed by atoms with E-state index in [4.69, 9.17) is 21.5 Å². The minimum absolute atomic E-state index is 0.323. The van der Waals surface area contributed by atoms with Crippen molar-refractivity contribution < 1.29 is 13.7 Å². The van der Waals surface area contributed by atoms with Gasteiger partial charge in [-0.1, -0.05) is 29.4 Å². The molecule has 0 saturated heterocycles. The van der Waals surface area contributed by atoms with Gasteiger partial charge >= 0.3 is 0 Å². The molecule has 0 bridgehead atoms. The maximum atomic E-state index is 13.4. The van der Waals surface area contributed by atoms with Crippen molar-refractivity contribution in [3.8, 4) is 17.1 Å². The SMILES string of the molecule is COc1ccc(C2NC(=S)N(c3cccc(C)c3)C(C)=C2c2nc(-c3ccc(F)cc3)no2)cc1. The maximum Gasteiger partial charge on any atom is 0.258 e. The second-order valence-corrected chi connectivity index (χ2v) is 8.65. The Hall–Kier alpha value is -4.04. The predicted octanol–water partition coefficient (Wildman–Crippen LogP) is 6.06. The van der Waals surface area contributed by atoms with Crippen molar-refractivity contribution >= 4 is 28.6 Å². The van der Waals surface area contributed by atoms with Crippen LogP contribution in [-0.2, 0) is 0 Å². The number of thiocarbonyl (C=S) groups is 1. The molecule has 176 valence electrons. The van der Waals surface area contributed by atoms with Gasteiger partial charge in [0.15, 0.2) is 5.11 Å². The Morgan fingerprint density at radius 1 is 1.03 bits per heavy atom. The summed E-state index contributed by atoms with van der Waals surface area (Å²) in [5.74, 6) is 1.17. The van der Waals surface area contributed by atoms with Crippen molar-refractivity contribution in [3.05, 3.63) is 101 Å². The average Bonchev–Trinajstić information content (AvgIpc) is 3.34. The minimum Gasteiger partial charge on any atom is -0.497 e. The molecule has 2 heterocycles. The Bertz CT molecular complexity index is 1410. The Kier molecular flexibility index (Phi) is 6.05. The van der Waals surface area contributed by atoms with Crippen LogP contribution in [0.15, 0.2) is 83.0 Å². The third kappa shape index (κ3) is 4.40. The molecule has 1 aliphatic rings. The number of benzene rings is 3. The van der Waals surface area contributed by atoms with Gasteiger partial charge < -0.3 is 14.6 Å². The molecule has 0 fully saturated rings. The molecule has 6 nitrogen and oxygen atoms in total. The first-order valence-corrected chi connectivity index (χ1v) is 11.5. The van der Waals surface area contributed by atoms with Crippen LogP contribution in [-0.4, -0.2) is 22.4 Å². The molecular formula is C27H23FN4O2S. The summed E-state index contributed by atoms with van der Waals surface area (Å²) in [6.45, 7) is 4.03. The van der Waals surface area contributed by atoms with Crippen molar-refractivity contribution in [1.82, 2.24) is 15.5 Å². The molecule has 1 N–H and O–H groups in total. The van der Waals surface area contributed by atoms with Gasteiger partial charge in [0.05, 0.1) is 18.7 Å². The highest BCUT2D eigenvalue weighted by Gasteiger charge is 2.34. The van der Waals surface area contributed by atoms with Crippen molar-refractivity contribution in [3.63, 3.8) is 0 Å². The van der Waals surface area contributed by atoms with Crippen LogP contribution in [0.5, 0.6) is 5.75 Å². The van der Waals surface area contributed by atoms with Crippen molar-refractivity contribution in [2.75, 3.05) is 12.0 Å². The standard InChI is InChI=1S/C27H23FN4O2S/c1-16-5-4-6-21(15-16)32-17(2)23(24(29-27(32)35)18-9-13-22(33-3)14-10-18)26-30-25(31-34-26)19-7-11-20(28)12-8-19/h4-15,24H,1-3H3,(H,29,35). The lowest BCUT2D eigenvalue weighted by Gasteiger charge is -2.37. The Morgan fingerprint density at radius 3 is 2.46 bits per heavy atom. The summed E-state index contributed by atoms with van der Waals surface area (Å²) < 4.78 is 24.5. The number of aromatic nitrogens is 2. The van der Waals surface area contributed by atoms with Crippen molar-refractivity contribution in [1.29, 1.82) is 0 Å². The summed E-state index contributed by atoms with van der Waals surface area (Å²) >= 11 is 5.81. The molecule has 5 rings (SSSR count). The first-order chi connectivity index (χ1) is 16.9. The molecular weight excluding hydrogens is 463 g/mol. The molecule has 0 spiro atoms. The highest BCUT2D eigenvalue weighted by atomic mass is 32.1. The van der Waals surface area contributed by atoms with Crippen molar-refractivity contribution in [2.24, 2.45) is 0 Å². The summed E-state index contributed by atoms with van der Waals surface area (Å²) in [4.78, 5) is 6.64. The summed E-state index contributed by atoms with van der Waals surface area (Å²) in [5, 5.41) is 8.19. The van der Waals surface area contributed by atoms with Crippen LogP contribution in [0.2, 0.25) is 0 Å². The number of nitrogens with one attached hydrogen (secondary N) is 1. The van der Waals surface area contributed by atoms with Gasteiger partial charge in [-0.2, -0.15) is 4.98 Å². The van der Waals surface area contributed by atoms with E-state index in [1.165, 1.54) is 12.1 Å².